The molecule has 3 rings (SSSR count). The topological polar surface area (TPSA) is 75.3 Å². The molecule has 2 aliphatic carbocycles. The molecule has 2 saturated carbocycles. The van der Waals surface area contributed by atoms with Crippen molar-refractivity contribution in [3.63, 3.8) is 0 Å². The average Bonchev–Trinajstić information content (AvgIpc) is 2.79. The van der Waals surface area contributed by atoms with Crippen molar-refractivity contribution in [1.82, 2.24) is 10.0 Å². The summed E-state index contributed by atoms with van der Waals surface area (Å²) in [5.41, 5.74) is 0. The molecule has 1 aromatic rings. The third-order valence-electron chi connectivity index (χ3n) is 6.43. The van der Waals surface area contributed by atoms with E-state index in [1.54, 1.807) is 12.1 Å². The molecule has 0 radical (unpaired) electrons. The molecule has 1 aromatic carbocycles. The Morgan fingerprint density at radius 2 is 1.68 bits per heavy atom. The van der Waals surface area contributed by atoms with Gasteiger partial charge in [-0.15, -0.1) is 0 Å². The Balaban J connectivity index is 1.29. The summed E-state index contributed by atoms with van der Waals surface area (Å²) in [4.78, 5) is 12.7. The number of halogens is 1. The SMILES string of the molecule is O=C(NCCCSC1CCCCC1)C1CCC(CNS(=O)(=O)c2ccc(Cl)cc2)CC1. The number of sulfonamides is 1. The first-order valence-corrected chi connectivity index (χ1v) is 14.5. The van der Waals surface area contributed by atoms with Crippen LogP contribution in [0, 0.1) is 11.8 Å². The highest BCUT2D eigenvalue weighted by atomic mass is 35.5. The van der Waals surface area contributed by atoms with Crippen molar-refractivity contribution in [3.05, 3.63) is 29.3 Å². The van der Waals surface area contributed by atoms with E-state index in [4.69, 9.17) is 11.6 Å². The fraction of sp³-hybridized carbons (Fsp3) is 0.696. The minimum absolute atomic E-state index is 0.0649. The molecular formula is C23H35ClN2O3S2. The number of thioether (sulfide) groups is 1. The number of rotatable bonds is 10. The summed E-state index contributed by atoms with van der Waals surface area (Å²) in [6.45, 7) is 1.18. The Hall–Kier alpha value is -0.760. The van der Waals surface area contributed by atoms with Crippen LogP contribution in [0.5, 0.6) is 0 Å². The zero-order valence-electron chi connectivity index (χ0n) is 18.2. The second-order valence-corrected chi connectivity index (χ2v) is 12.4. The highest BCUT2D eigenvalue weighted by Crippen LogP contribution is 2.30. The van der Waals surface area contributed by atoms with Gasteiger partial charge in [-0.05, 0) is 80.9 Å². The van der Waals surface area contributed by atoms with Crippen LogP contribution in [-0.2, 0) is 14.8 Å². The molecule has 8 heteroatoms. The van der Waals surface area contributed by atoms with Gasteiger partial charge in [0.15, 0.2) is 0 Å². The number of hydrogen-bond acceptors (Lipinski definition) is 4. The third-order valence-corrected chi connectivity index (χ3v) is 9.59. The van der Waals surface area contributed by atoms with Crippen LogP contribution in [0.4, 0.5) is 0 Å². The first kappa shape index (κ1) is 24.9. The lowest BCUT2D eigenvalue weighted by Gasteiger charge is -2.28. The molecule has 31 heavy (non-hydrogen) atoms. The third kappa shape index (κ3) is 8.26. The van der Waals surface area contributed by atoms with Gasteiger partial charge in [0.1, 0.15) is 0 Å². The molecule has 0 aliphatic heterocycles. The summed E-state index contributed by atoms with van der Waals surface area (Å²) in [5, 5.41) is 4.46. The van der Waals surface area contributed by atoms with Gasteiger partial charge in [-0.1, -0.05) is 30.9 Å². The Bertz CT molecular complexity index is 788. The van der Waals surface area contributed by atoms with Crippen LogP contribution in [-0.4, -0.2) is 38.4 Å². The van der Waals surface area contributed by atoms with E-state index >= 15 is 0 Å². The molecule has 0 aromatic heterocycles. The van der Waals surface area contributed by atoms with Gasteiger partial charge in [0, 0.05) is 29.3 Å². The molecule has 1 amide bonds. The molecular weight excluding hydrogens is 452 g/mol. The van der Waals surface area contributed by atoms with Crippen molar-refractivity contribution in [2.24, 2.45) is 11.8 Å². The van der Waals surface area contributed by atoms with E-state index in [9.17, 15) is 13.2 Å². The maximum Gasteiger partial charge on any atom is 0.240 e. The molecule has 2 fully saturated rings. The fourth-order valence-corrected chi connectivity index (χ4v) is 7.02. The molecule has 5 nitrogen and oxygen atoms in total. The van der Waals surface area contributed by atoms with Gasteiger partial charge < -0.3 is 5.32 Å². The van der Waals surface area contributed by atoms with Gasteiger partial charge in [0.2, 0.25) is 15.9 Å². The molecule has 0 bridgehead atoms. The van der Waals surface area contributed by atoms with Crippen LogP contribution < -0.4 is 10.0 Å². The first-order chi connectivity index (χ1) is 14.9. The van der Waals surface area contributed by atoms with Crippen LogP contribution in [0.15, 0.2) is 29.2 Å². The average molecular weight is 487 g/mol. The lowest BCUT2D eigenvalue weighted by Crippen LogP contribution is -2.36. The van der Waals surface area contributed by atoms with Crippen LogP contribution in [0.2, 0.25) is 5.02 Å². The van der Waals surface area contributed by atoms with E-state index in [1.165, 1.54) is 44.2 Å². The van der Waals surface area contributed by atoms with Gasteiger partial charge in [-0.2, -0.15) is 11.8 Å². The van der Waals surface area contributed by atoms with Crippen LogP contribution in [0.1, 0.15) is 64.2 Å². The standard InChI is InChI=1S/C23H35ClN2O3S2/c24-20-11-13-22(14-12-20)31(28,29)26-17-18-7-9-19(10-8-18)23(27)25-15-4-16-30-21-5-2-1-3-6-21/h11-14,18-19,21,26H,1-10,15-17H2,(H,25,27). The summed E-state index contributed by atoms with van der Waals surface area (Å²) < 4.78 is 27.5. The van der Waals surface area contributed by atoms with Gasteiger partial charge in [-0.25, -0.2) is 13.1 Å². The monoisotopic (exact) mass is 486 g/mol. The van der Waals surface area contributed by atoms with Crippen LogP contribution >= 0.6 is 23.4 Å². The Morgan fingerprint density at radius 3 is 2.35 bits per heavy atom. The molecule has 2 aliphatic rings. The fourth-order valence-electron chi connectivity index (χ4n) is 4.46. The minimum atomic E-state index is -3.52. The van der Waals surface area contributed by atoms with Gasteiger partial charge in [0.05, 0.1) is 4.90 Å². The van der Waals surface area contributed by atoms with Gasteiger partial charge >= 0.3 is 0 Å². The lowest BCUT2D eigenvalue weighted by molar-refractivity contribution is -0.126. The van der Waals surface area contributed by atoms with E-state index in [2.05, 4.69) is 21.8 Å². The molecule has 174 valence electrons. The zero-order valence-corrected chi connectivity index (χ0v) is 20.5. The van der Waals surface area contributed by atoms with Crippen LogP contribution in [0.25, 0.3) is 0 Å². The summed E-state index contributed by atoms with van der Waals surface area (Å²) in [6, 6.07) is 6.18. The van der Waals surface area contributed by atoms with Crippen molar-refractivity contribution >= 4 is 39.3 Å². The summed E-state index contributed by atoms with van der Waals surface area (Å²) >= 11 is 7.91. The molecule has 0 spiro atoms. The minimum Gasteiger partial charge on any atom is -0.356 e. The number of hydrogen-bond donors (Lipinski definition) is 2. The molecule has 2 N–H and O–H groups in total. The number of amides is 1. The summed E-state index contributed by atoms with van der Waals surface area (Å²) in [5.74, 6) is 1.64. The van der Waals surface area contributed by atoms with Crippen molar-refractivity contribution < 1.29 is 13.2 Å². The first-order valence-electron chi connectivity index (χ1n) is 11.6. The number of benzene rings is 1. The quantitative estimate of drug-likeness (QED) is 0.456. The summed E-state index contributed by atoms with van der Waals surface area (Å²) in [7, 11) is -3.52. The normalized spacial score (nSPS) is 22.9. The Labute approximate surface area is 196 Å². The molecule has 0 unspecified atom stereocenters. The molecule has 0 heterocycles. The second-order valence-electron chi connectivity index (χ2n) is 8.80. The molecule has 0 atom stereocenters. The predicted molar refractivity (Wildman–Crippen MR) is 129 cm³/mol. The van der Waals surface area contributed by atoms with E-state index in [0.717, 1.165) is 49.7 Å². The zero-order chi connectivity index (χ0) is 22.1. The maximum absolute atomic E-state index is 12.5. The highest BCUT2D eigenvalue weighted by Gasteiger charge is 2.27. The predicted octanol–water partition coefficient (Wildman–Crippen LogP) is 5.00. The van der Waals surface area contributed by atoms with Crippen LogP contribution in [0.3, 0.4) is 0 Å². The number of carbonyl (C=O) groups is 1. The van der Waals surface area contributed by atoms with Gasteiger partial charge in [0.25, 0.3) is 0 Å². The van der Waals surface area contributed by atoms with E-state index in [1.807, 2.05) is 0 Å². The Morgan fingerprint density at radius 1 is 1.00 bits per heavy atom. The molecule has 0 saturated heterocycles. The van der Waals surface area contributed by atoms with Crippen molar-refractivity contribution in [2.75, 3.05) is 18.8 Å². The van der Waals surface area contributed by atoms with E-state index < -0.39 is 10.0 Å². The second kappa shape index (κ2) is 12.5. The summed E-state index contributed by atoms with van der Waals surface area (Å²) in [6.07, 6.45) is 11.3. The van der Waals surface area contributed by atoms with E-state index in [-0.39, 0.29) is 22.6 Å². The van der Waals surface area contributed by atoms with Crippen molar-refractivity contribution in [2.45, 2.75) is 74.4 Å². The largest absolute Gasteiger partial charge is 0.356 e. The number of carbonyl (C=O) groups excluding carboxylic acids is 1. The van der Waals surface area contributed by atoms with Gasteiger partial charge in [-0.3, -0.25) is 4.79 Å². The highest BCUT2D eigenvalue weighted by molar-refractivity contribution is 7.99. The Kier molecular flexibility index (Phi) is 10.0. The van der Waals surface area contributed by atoms with Crippen molar-refractivity contribution in [1.29, 1.82) is 0 Å². The van der Waals surface area contributed by atoms with E-state index in [0.29, 0.717) is 11.6 Å². The number of nitrogens with one attached hydrogen (secondary N) is 2. The van der Waals surface area contributed by atoms with Crippen molar-refractivity contribution in [3.8, 4) is 0 Å². The smallest absolute Gasteiger partial charge is 0.240 e. The maximum atomic E-state index is 12.5. The lowest BCUT2D eigenvalue weighted by atomic mass is 9.81.